The monoisotopic (exact) mass is 297 g/mol. The lowest BCUT2D eigenvalue weighted by molar-refractivity contribution is 0.447. The molecule has 0 saturated carbocycles. The van der Waals surface area contributed by atoms with E-state index in [9.17, 15) is 0 Å². The molecule has 0 spiro atoms. The Kier molecular flexibility index (Phi) is 4.83. The molecule has 2 aromatic heterocycles. The highest BCUT2D eigenvalue weighted by molar-refractivity contribution is 5.44. The van der Waals surface area contributed by atoms with Crippen molar-refractivity contribution in [3.8, 4) is 0 Å². The molecular weight excluding hydrogens is 274 g/mol. The zero-order chi connectivity index (χ0) is 15.2. The predicted molar refractivity (Wildman–Crippen MR) is 88.9 cm³/mol. The van der Waals surface area contributed by atoms with Gasteiger partial charge in [0.15, 0.2) is 0 Å². The third-order valence-electron chi connectivity index (χ3n) is 4.21. The highest BCUT2D eigenvalue weighted by Gasteiger charge is 2.22. The summed E-state index contributed by atoms with van der Waals surface area (Å²) in [4.78, 5) is 15.6. The molecule has 0 radical (unpaired) electrons. The summed E-state index contributed by atoms with van der Waals surface area (Å²) in [5.74, 6) is 1.72. The Morgan fingerprint density at radius 3 is 3.05 bits per heavy atom. The first-order valence-corrected chi connectivity index (χ1v) is 8.09. The lowest BCUT2D eigenvalue weighted by atomic mass is 10.0. The molecule has 5 heteroatoms. The van der Waals surface area contributed by atoms with Gasteiger partial charge in [-0.1, -0.05) is 13.0 Å². The van der Waals surface area contributed by atoms with E-state index < -0.39 is 0 Å². The fraction of sp³-hybridized carbons (Fsp3) is 0.471. The summed E-state index contributed by atoms with van der Waals surface area (Å²) in [7, 11) is 0. The lowest BCUT2D eigenvalue weighted by Gasteiger charge is -2.36. The SMILES string of the molecule is CCC1CCCCN1c1ccnc(NCc2cccnc2)n1. The van der Waals surface area contributed by atoms with Crippen molar-refractivity contribution in [2.24, 2.45) is 0 Å². The molecule has 1 unspecified atom stereocenters. The van der Waals surface area contributed by atoms with Crippen molar-refractivity contribution < 1.29 is 0 Å². The Labute approximate surface area is 131 Å². The van der Waals surface area contributed by atoms with Crippen LogP contribution in [0.1, 0.15) is 38.2 Å². The van der Waals surface area contributed by atoms with Gasteiger partial charge in [-0.2, -0.15) is 4.98 Å². The summed E-state index contributed by atoms with van der Waals surface area (Å²) in [6.45, 7) is 4.04. The van der Waals surface area contributed by atoms with Gasteiger partial charge in [0.2, 0.25) is 5.95 Å². The topological polar surface area (TPSA) is 53.9 Å². The minimum Gasteiger partial charge on any atom is -0.353 e. The maximum Gasteiger partial charge on any atom is 0.224 e. The van der Waals surface area contributed by atoms with Gasteiger partial charge in [-0.15, -0.1) is 0 Å². The molecule has 3 rings (SSSR count). The average Bonchev–Trinajstić information content (AvgIpc) is 2.61. The fourth-order valence-electron chi connectivity index (χ4n) is 3.00. The summed E-state index contributed by atoms with van der Waals surface area (Å²) in [6.07, 6.45) is 10.5. The molecule has 0 aromatic carbocycles. The summed E-state index contributed by atoms with van der Waals surface area (Å²) < 4.78 is 0. The molecule has 3 heterocycles. The molecule has 0 aliphatic carbocycles. The fourth-order valence-corrected chi connectivity index (χ4v) is 3.00. The second-order valence-corrected chi connectivity index (χ2v) is 5.70. The number of hydrogen-bond donors (Lipinski definition) is 1. The van der Waals surface area contributed by atoms with E-state index >= 15 is 0 Å². The standard InChI is InChI=1S/C17H23N5/c1-2-15-7-3-4-11-22(15)16-8-10-19-17(21-16)20-13-14-6-5-9-18-12-14/h5-6,8-10,12,15H,2-4,7,11,13H2,1H3,(H,19,20,21). The third-order valence-corrected chi connectivity index (χ3v) is 4.21. The number of hydrogen-bond acceptors (Lipinski definition) is 5. The van der Waals surface area contributed by atoms with Crippen LogP contribution in [0, 0.1) is 0 Å². The van der Waals surface area contributed by atoms with Gasteiger partial charge in [0, 0.05) is 37.7 Å². The number of piperidine rings is 1. The first-order valence-electron chi connectivity index (χ1n) is 8.09. The molecule has 22 heavy (non-hydrogen) atoms. The van der Waals surface area contributed by atoms with Gasteiger partial charge in [-0.25, -0.2) is 4.98 Å². The van der Waals surface area contributed by atoms with Crippen LogP contribution in [-0.2, 0) is 6.54 Å². The molecule has 1 saturated heterocycles. The molecule has 116 valence electrons. The number of aromatic nitrogens is 3. The Bertz CT molecular complexity index is 587. The predicted octanol–water partition coefficient (Wildman–Crippen LogP) is 3.25. The summed E-state index contributed by atoms with van der Waals surface area (Å²) in [6, 6.07) is 6.61. The number of nitrogens with zero attached hydrogens (tertiary/aromatic N) is 4. The maximum absolute atomic E-state index is 4.69. The van der Waals surface area contributed by atoms with Crippen molar-refractivity contribution in [1.29, 1.82) is 0 Å². The van der Waals surface area contributed by atoms with Gasteiger partial charge in [-0.3, -0.25) is 4.98 Å². The number of rotatable bonds is 5. The Balaban J connectivity index is 1.69. The van der Waals surface area contributed by atoms with E-state index in [1.807, 2.05) is 30.6 Å². The molecule has 0 bridgehead atoms. The van der Waals surface area contributed by atoms with Gasteiger partial charge < -0.3 is 10.2 Å². The van der Waals surface area contributed by atoms with Crippen LogP contribution in [0.5, 0.6) is 0 Å². The van der Waals surface area contributed by atoms with Gasteiger partial charge in [0.25, 0.3) is 0 Å². The second kappa shape index (κ2) is 7.20. The largest absolute Gasteiger partial charge is 0.353 e. The van der Waals surface area contributed by atoms with Gasteiger partial charge in [0.1, 0.15) is 5.82 Å². The first kappa shape index (κ1) is 14.8. The number of anilines is 2. The molecule has 0 amide bonds. The number of pyridine rings is 1. The van der Waals surface area contributed by atoms with Crippen molar-refractivity contribution in [3.63, 3.8) is 0 Å². The molecule has 1 fully saturated rings. The average molecular weight is 297 g/mol. The van der Waals surface area contributed by atoms with Crippen LogP contribution in [0.4, 0.5) is 11.8 Å². The Morgan fingerprint density at radius 2 is 2.23 bits per heavy atom. The van der Waals surface area contributed by atoms with Crippen molar-refractivity contribution in [2.45, 2.75) is 45.2 Å². The summed E-state index contributed by atoms with van der Waals surface area (Å²) >= 11 is 0. The van der Waals surface area contributed by atoms with Crippen LogP contribution in [0.25, 0.3) is 0 Å². The maximum atomic E-state index is 4.69. The molecule has 1 N–H and O–H groups in total. The van der Waals surface area contributed by atoms with Gasteiger partial charge in [-0.05, 0) is 43.4 Å². The number of nitrogens with one attached hydrogen (secondary N) is 1. The Morgan fingerprint density at radius 1 is 1.27 bits per heavy atom. The van der Waals surface area contributed by atoms with Crippen molar-refractivity contribution in [3.05, 3.63) is 42.4 Å². The Hall–Kier alpha value is -2.17. The van der Waals surface area contributed by atoms with Gasteiger partial charge in [0.05, 0.1) is 0 Å². The van der Waals surface area contributed by atoms with Crippen molar-refractivity contribution in [1.82, 2.24) is 15.0 Å². The summed E-state index contributed by atoms with van der Waals surface area (Å²) in [5.41, 5.74) is 1.13. The quantitative estimate of drug-likeness (QED) is 0.918. The van der Waals surface area contributed by atoms with Crippen LogP contribution >= 0.6 is 0 Å². The summed E-state index contributed by atoms with van der Waals surface area (Å²) in [5, 5.41) is 3.28. The van der Waals surface area contributed by atoms with Crippen LogP contribution in [0.15, 0.2) is 36.8 Å². The molecule has 2 aromatic rings. The molecule has 1 atom stereocenters. The minimum absolute atomic E-state index is 0.606. The van der Waals surface area contributed by atoms with E-state index in [1.54, 1.807) is 6.20 Å². The third kappa shape index (κ3) is 3.53. The molecular formula is C17H23N5. The van der Waals surface area contributed by atoms with Crippen molar-refractivity contribution >= 4 is 11.8 Å². The molecule has 1 aliphatic heterocycles. The molecule has 5 nitrogen and oxygen atoms in total. The zero-order valence-electron chi connectivity index (χ0n) is 13.1. The highest BCUT2D eigenvalue weighted by atomic mass is 15.2. The smallest absolute Gasteiger partial charge is 0.224 e. The lowest BCUT2D eigenvalue weighted by Crippen LogP contribution is -2.39. The highest BCUT2D eigenvalue weighted by Crippen LogP contribution is 2.25. The first-order chi connectivity index (χ1) is 10.9. The van der Waals surface area contributed by atoms with E-state index in [0.29, 0.717) is 18.5 Å². The van der Waals surface area contributed by atoms with E-state index in [4.69, 9.17) is 4.98 Å². The van der Waals surface area contributed by atoms with Gasteiger partial charge >= 0.3 is 0 Å². The van der Waals surface area contributed by atoms with Crippen LogP contribution in [0.3, 0.4) is 0 Å². The zero-order valence-corrected chi connectivity index (χ0v) is 13.1. The van der Waals surface area contributed by atoms with Crippen LogP contribution in [-0.4, -0.2) is 27.5 Å². The van der Waals surface area contributed by atoms with E-state index in [0.717, 1.165) is 17.9 Å². The molecule has 1 aliphatic rings. The van der Waals surface area contributed by atoms with E-state index in [2.05, 4.69) is 27.1 Å². The van der Waals surface area contributed by atoms with Crippen LogP contribution < -0.4 is 10.2 Å². The minimum atomic E-state index is 0.606. The normalized spacial score (nSPS) is 18.2. The van der Waals surface area contributed by atoms with Crippen LogP contribution in [0.2, 0.25) is 0 Å². The van der Waals surface area contributed by atoms with E-state index in [-0.39, 0.29) is 0 Å². The van der Waals surface area contributed by atoms with Crippen molar-refractivity contribution in [2.75, 3.05) is 16.8 Å². The second-order valence-electron chi connectivity index (χ2n) is 5.70. The van der Waals surface area contributed by atoms with E-state index in [1.165, 1.54) is 25.7 Å².